The maximum atomic E-state index is 13.3. The quantitative estimate of drug-likeness (QED) is 0.395. The van der Waals surface area contributed by atoms with E-state index in [1.807, 2.05) is 11.0 Å². The van der Waals surface area contributed by atoms with Gasteiger partial charge in [-0.3, -0.25) is 4.79 Å². The average Bonchev–Trinajstić information content (AvgIpc) is 3.45. The number of aromatic amines is 2. The fourth-order valence-corrected chi connectivity index (χ4v) is 6.02. The number of aromatic nitrogens is 2. The van der Waals surface area contributed by atoms with Crippen LogP contribution in [-0.4, -0.2) is 71.1 Å². The number of likely N-dealkylation sites (tertiary alicyclic amines) is 1. The molecule has 6 nitrogen and oxygen atoms in total. The van der Waals surface area contributed by atoms with Crippen LogP contribution in [0.2, 0.25) is 0 Å². The Kier molecular flexibility index (Phi) is 6.55. The second-order valence-electron chi connectivity index (χ2n) is 10.6. The Labute approximate surface area is 212 Å². The standard InChI is InChI=1S/C30H36N4O2/c1-21-7-8-27-23(17-21)18-29(32-27)30(35)34-12-4-16-36-24(20-34)11-15-33-13-9-22(10-14-33)26-19-31-28-6-3-2-5-25(26)28/h2-3,5-8,17-19,22,24,31-32H,4,9-16,20H2,1H3. The molecule has 2 N–H and O–H groups in total. The molecule has 0 radical (unpaired) electrons. The molecule has 4 heterocycles. The fraction of sp³-hybridized carbons (Fsp3) is 0.433. The number of aryl methyl sites for hydroxylation is 1. The number of hydrogen-bond donors (Lipinski definition) is 2. The zero-order valence-corrected chi connectivity index (χ0v) is 21.1. The average molecular weight is 485 g/mol. The number of amides is 1. The van der Waals surface area contributed by atoms with Gasteiger partial charge in [-0.15, -0.1) is 0 Å². The molecule has 6 rings (SSSR count). The number of piperidine rings is 1. The second kappa shape index (κ2) is 10.1. The highest BCUT2D eigenvalue weighted by atomic mass is 16.5. The molecule has 1 unspecified atom stereocenters. The lowest BCUT2D eigenvalue weighted by Crippen LogP contribution is -2.40. The van der Waals surface area contributed by atoms with Gasteiger partial charge in [0.2, 0.25) is 0 Å². The normalized spacial score (nSPS) is 20.2. The number of carbonyl (C=O) groups excluding carboxylic acids is 1. The van der Waals surface area contributed by atoms with Crippen LogP contribution in [0.4, 0.5) is 0 Å². The van der Waals surface area contributed by atoms with Gasteiger partial charge in [-0.1, -0.05) is 29.8 Å². The van der Waals surface area contributed by atoms with Crippen LogP contribution in [0.5, 0.6) is 0 Å². The van der Waals surface area contributed by atoms with E-state index in [1.165, 1.54) is 34.9 Å². The number of nitrogens with zero attached hydrogens (tertiary/aromatic N) is 2. The van der Waals surface area contributed by atoms with Gasteiger partial charge in [-0.05, 0) is 81.4 Å². The predicted octanol–water partition coefficient (Wildman–Crippen LogP) is 5.46. The summed E-state index contributed by atoms with van der Waals surface area (Å²) >= 11 is 0. The van der Waals surface area contributed by atoms with Crippen LogP contribution >= 0.6 is 0 Å². The summed E-state index contributed by atoms with van der Waals surface area (Å²) < 4.78 is 6.18. The fourth-order valence-electron chi connectivity index (χ4n) is 6.02. The van der Waals surface area contributed by atoms with Crippen molar-refractivity contribution in [2.24, 2.45) is 0 Å². The summed E-state index contributed by atoms with van der Waals surface area (Å²) in [6.45, 7) is 7.48. The van der Waals surface area contributed by atoms with Crippen molar-refractivity contribution in [2.45, 2.75) is 44.6 Å². The molecule has 0 bridgehead atoms. The molecule has 0 saturated carbocycles. The van der Waals surface area contributed by atoms with Crippen LogP contribution in [0.1, 0.15) is 53.2 Å². The highest BCUT2D eigenvalue weighted by molar-refractivity contribution is 5.98. The SMILES string of the molecule is Cc1ccc2[nH]c(C(=O)N3CCCOC(CCN4CCC(c5c[nH]c6ccccc56)CC4)C3)cc2c1. The molecule has 188 valence electrons. The molecule has 2 aromatic heterocycles. The summed E-state index contributed by atoms with van der Waals surface area (Å²) in [6.07, 6.45) is 6.54. The lowest BCUT2D eigenvalue weighted by molar-refractivity contribution is 0.0356. The largest absolute Gasteiger partial charge is 0.376 e. The van der Waals surface area contributed by atoms with Gasteiger partial charge in [0.05, 0.1) is 6.10 Å². The molecule has 0 spiro atoms. The van der Waals surface area contributed by atoms with Crippen LogP contribution < -0.4 is 0 Å². The minimum Gasteiger partial charge on any atom is -0.376 e. The summed E-state index contributed by atoms with van der Waals surface area (Å²) in [5, 5.41) is 2.47. The van der Waals surface area contributed by atoms with E-state index in [0.29, 0.717) is 18.2 Å². The number of rotatable bonds is 5. The molecule has 2 aliphatic rings. The number of nitrogens with one attached hydrogen (secondary N) is 2. The molecule has 1 atom stereocenters. The summed E-state index contributed by atoms with van der Waals surface area (Å²) in [5.41, 5.74) is 5.60. The van der Waals surface area contributed by atoms with Gasteiger partial charge in [0.25, 0.3) is 5.91 Å². The molecule has 1 amide bonds. The third kappa shape index (κ3) is 4.80. The molecule has 2 aliphatic heterocycles. The lowest BCUT2D eigenvalue weighted by atomic mass is 9.89. The molecule has 6 heteroatoms. The van der Waals surface area contributed by atoms with Crippen molar-refractivity contribution in [3.05, 3.63) is 71.5 Å². The van der Waals surface area contributed by atoms with Crippen molar-refractivity contribution in [2.75, 3.05) is 39.3 Å². The summed E-state index contributed by atoms with van der Waals surface area (Å²) in [5.74, 6) is 0.707. The number of benzene rings is 2. The van der Waals surface area contributed by atoms with E-state index < -0.39 is 0 Å². The van der Waals surface area contributed by atoms with Gasteiger partial charge in [-0.2, -0.15) is 0 Å². The number of hydrogen-bond acceptors (Lipinski definition) is 3. The van der Waals surface area contributed by atoms with Crippen LogP contribution in [0.25, 0.3) is 21.8 Å². The second-order valence-corrected chi connectivity index (χ2v) is 10.6. The van der Waals surface area contributed by atoms with E-state index in [9.17, 15) is 4.79 Å². The Hall–Kier alpha value is -3.09. The topological polar surface area (TPSA) is 64.4 Å². The Morgan fingerprint density at radius 1 is 1.06 bits per heavy atom. The zero-order chi connectivity index (χ0) is 24.5. The molecule has 2 aromatic carbocycles. The van der Waals surface area contributed by atoms with Gasteiger partial charge in [-0.25, -0.2) is 0 Å². The molecule has 2 saturated heterocycles. The highest BCUT2D eigenvalue weighted by Gasteiger charge is 2.27. The predicted molar refractivity (Wildman–Crippen MR) is 145 cm³/mol. The number of para-hydroxylation sites is 1. The maximum absolute atomic E-state index is 13.3. The smallest absolute Gasteiger partial charge is 0.270 e. The highest BCUT2D eigenvalue weighted by Crippen LogP contribution is 2.33. The number of carbonyl (C=O) groups is 1. The first-order valence-electron chi connectivity index (χ1n) is 13.4. The van der Waals surface area contributed by atoms with Gasteiger partial charge in [0, 0.05) is 54.2 Å². The van der Waals surface area contributed by atoms with Crippen molar-refractivity contribution < 1.29 is 9.53 Å². The zero-order valence-electron chi connectivity index (χ0n) is 21.1. The van der Waals surface area contributed by atoms with E-state index in [-0.39, 0.29) is 12.0 Å². The monoisotopic (exact) mass is 484 g/mol. The van der Waals surface area contributed by atoms with Crippen molar-refractivity contribution in [1.82, 2.24) is 19.8 Å². The molecular weight excluding hydrogens is 448 g/mol. The molecule has 4 aromatic rings. The molecule has 36 heavy (non-hydrogen) atoms. The first-order valence-corrected chi connectivity index (χ1v) is 13.4. The van der Waals surface area contributed by atoms with Gasteiger partial charge in [0.15, 0.2) is 0 Å². The van der Waals surface area contributed by atoms with E-state index in [0.717, 1.165) is 56.5 Å². The van der Waals surface area contributed by atoms with Gasteiger partial charge in [0.1, 0.15) is 5.69 Å². The van der Waals surface area contributed by atoms with Gasteiger partial charge >= 0.3 is 0 Å². The van der Waals surface area contributed by atoms with Crippen molar-refractivity contribution in [1.29, 1.82) is 0 Å². The number of fused-ring (bicyclic) bond motifs is 2. The molecule has 2 fully saturated rings. The summed E-state index contributed by atoms with van der Waals surface area (Å²) in [6, 6.07) is 16.9. The molecule has 0 aliphatic carbocycles. The van der Waals surface area contributed by atoms with Gasteiger partial charge < -0.3 is 24.5 Å². The third-order valence-electron chi connectivity index (χ3n) is 8.06. The minimum absolute atomic E-state index is 0.0823. The van der Waals surface area contributed by atoms with Crippen molar-refractivity contribution in [3.63, 3.8) is 0 Å². The van der Waals surface area contributed by atoms with Crippen LogP contribution in [0, 0.1) is 6.92 Å². The van der Waals surface area contributed by atoms with E-state index in [4.69, 9.17) is 4.74 Å². The van der Waals surface area contributed by atoms with Crippen LogP contribution in [-0.2, 0) is 4.74 Å². The van der Waals surface area contributed by atoms with E-state index >= 15 is 0 Å². The maximum Gasteiger partial charge on any atom is 0.270 e. The Balaban J connectivity index is 1.03. The Bertz CT molecular complexity index is 1350. The Morgan fingerprint density at radius 3 is 2.81 bits per heavy atom. The third-order valence-corrected chi connectivity index (χ3v) is 8.06. The number of H-pyrrole nitrogens is 2. The van der Waals surface area contributed by atoms with Crippen molar-refractivity contribution >= 4 is 27.7 Å². The van der Waals surface area contributed by atoms with Crippen LogP contribution in [0.15, 0.2) is 54.7 Å². The minimum atomic E-state index is 0.0823. The summed E-state index contributed by atoms with van der Waals surface area (Å²) in [4.78, 5) is 24.7. The molecular formula is C30H36N4O2. The Morgan fingerprint density at radius 2 is 1.92 bits per heavy atom. The summed E-state index contributed by atoms with van der Waals surface area (Å²) in [7, 11) is 0. The van der Waals surface area contributed by atoms with Crippen molar-refractivity contribution in [3.8, 4) is 0 Å². The lowest BCUT2D eigenvalue weighted by Gasteiger charge is -2.33. The van der Waals surface area contributed by atoms with E-state index in [1.54, 1.807) is 0 Å². The first kappa shape index (κ1) is 23.3. The van der Waals surface area contributed by atoms with E-state index in [2.05, 4.69) is 70.5 Å². The van der Waals surface area contributed by atoms with Crippen LogP contribution in [0.3, 0.4) is 0 Å². The first-order chi connectivity index (χ1) is 17.6. The number of ether oxygens (including phenoxy) is 1.